The highest BCUT2D eigenvalue weighted by Gasteiger charge is 2.17. The molecule has 0 unspecified atom stereocenters. The third kappa shape index (κ3) is 4.08. The number of methoxy groups -OCH3 is 1. The van der Waals surface area contributed by atoms with Crippen molar-refractivity contribution in [1.29, 1.82) is 0 Å². The molecular weight excluding hydrogens is 412 g/mol. The van der Waals surface area contributed by atoms with Crippen molar-refractivity contribution in [2.24, 2.45) is 0 Å². The Hall–Kier alpha value is -4.38. The summed E-state index contributed by atoms with van der Waals surface area (Å²) in [5.74, 6) is 0.871. The zero-order valence-corrected chi connectivity index (χ0v) is 18.3. The summed E-state index contributed by atoms with van der Waals surface area (Å²) in [5, 5.41) is 3.87. The van der Waals surface area contributed by atoms with Crippen molar-refractivity contribution in [3.8, 4) is 28.3 Å². The van der Waals surface area contributed by atoms with E-state index in [9.17, 15) is 4.79 Å². The number of hydrogen-bond acceptors (Lipinski definition) is 4. The van der Waals surface area contributed by atoms with Crippen molar-refractivity contribution in [2.45, 2.75) is 6.92 Å². The van der Waals surface area contributed by atoms with Crippen LogP contribution < -0.4 is 10.1 Å². The molecule has 0 atom stereocenters. The molecule has 33 heavy (non-hydrogen) atoms. The first kappa shape index (κ1) is 20.5. The van der Waals surface area contributed by atoms with Crippen LogP contribution in [0.2, 0.25) is 0 Å². The van der Waals surface area contributed by atoms with E-state index in [1.807, 2.05) is 97.9 Å². The summed E-state index contributed by atoms with van der Waals surface area (Å²) in [6.07, 6.45) is 0. The largest absolute Gasteiger partial charge is 0.497 e. The van der Waals surface area contributed by atoms with Crippen LogP contribution in [0.15, 0.2) is 95.4 Å². The van der Waals surface area contributed by atoms with Gasteiger partial charge in [-0.15, -0.1) is 0 Å². The molecule has 3 aromatic carbocycles. The summed E-state index contributed by atoms with van der Waals surface area (Å²) < 4.78 is 11.0. The second-order valence-electron chi connectivity index (χ2n) is 7.72. The predicted octanol–water partition coefficient (Wildman–Crippen LogP) is 6.73. The second-order valence-corrected chi connectivity index (χ2v) is 7.72. The molecule has 2 aromatic heterocycles. The fraction of sp³-hybridized carbons (Fsp3) is 0.0714. The minimum atomic E-state index is -0.268. The van der Waals surface area contributed by atoms with E-state index in [1.165, 1.54) is 0 Å². The minimum absolute atomic E-state index is 0.268. The lowest BCUT2D eigenvalue weighted by molar-refractivity contribution is 0.0998. The lowest BCUT2D eigenvalue weighted by Crippen LogP contribution is -2.12. The van der Waals surface area contributed by atoms with Gasteiger partial charge < -0.3 is 14.5 Å². The number of carbonyl (C=O) groups excluding carboxylic acids is 1. The number of para-hydroxylation sites is 1. The maximum Gasteiger partial charge on any atom is 0.291 e. The molecule has 0 fully saturated rings. The fourth-order valence-corrected chi connectivity index (χ4v) is 3.82. The van der Waals surface area contributed by atoms with Crippen LogP contribution in [-0.4, -0.2) is 18.0 Å². The summed E-state index contributed by atoms with van der Waals surface area (Å²) in [5.41, 5.74) is 5.95. The van der Waals surface area contributed by atoms with E-state index in [2.05, 4.69) is 5.32 Å². The van der Waals surface area contributed by atoms with Crippen LogP contribution in [0.25, 0.3) is 33.5 Å². The normalized spacial score (nSPS) is 10.8. The molecule has 0 radical (unpaired) electrons. The number of benzene rings is 3. The van der Waals surface area contributed by atoms with E-state index >= 15 is 0 Å². The number of rotatable bonds is 5. The van der Waals surface area contributed by atoms with Crippen LogP contribution in [0.4, 0.5) is 5.69 Å². The van der Waals surface area contributed by atoms with E-state index in [4.69, 9.17) is 14.1 Å². The topological polar surface area (TPSA) is 64.4 Å². The predicted molar refractivity (Wildman–Crippen MR) is 131 cm³/mol. The quantitative estimate of drug-likeness (QED) is 0.333. The van der Waals surface area contributed by atoms with Gasteiger partial charge in [0.15, 0.2) is 5.76 Å². The lowest BCUT2D eigenvalue weighted by Gasteiger charge is -2.08. The van der Waals surface area contributed by atoms with E-state index < -0.39 is 0 Å². The Balaban J connectivity index is 1.35. The molecule has 0 saturated carbocycles. The molecular formula is C28H22N2O3. The first-order valence-corrected chi connectivity index (χ1v) is 10.6. The number of nitrogens with one attached hydrogen (secondary N) is 1. The van der Waals surface area contributed by atoms with Gasteiger partial charge in [0.2, 0.25) is 0 Å². The van der Waals surface area contributed by atoms with E-state index in [0.29, 0.717) is 17.0 Å². The van der Waals surface area contributed by atoms with Crippen molar-refractivity contribution < 1.29 is 13.9 Å². The van der Waals surface area contributed by atoms with E-state index in [0.717, 1.165) is 39.2 Å². The number of fused-ring (bicyclic) bond motifs is 1. The maximum absolute atomic E-state index is 12.8. The van der Waals surface area contributed by atoms with Crippen molar-refractivity contribution in [3.63, 3.8) is 0 Å². The molecule has 0 aliphatic heterocycles. The standard InChI is InChI=1S/C28H22N2O3/c1-18-23-6-3-4-9-26(23)33-27(18)28(31)29-21-14-10-19(11-15-21)24-7-5-8-25(30-24)20-12-16-22(32-2)17-13-20/h3-17H,1-2H3,(H,29,31). The highest BCUT2D eigenvalue weighted by molar-refractivity contribution is 6.06. The molecule has 1 N–H and O–H groups in total. The Morgan fingerprint density at radius 1 is 0.818 bits per heavy atom. The third-order valence-electron chi connectivity index (χ3n) is 5.62. The minimum Gasteiger partial charge on any atom is -0.497 e. The summed E-state index contributed by atoms with van der Waals surface area (Å²) in [6, 6.07) is 29.0. The van der Waals surface area contributed by atoms with Crippen LogP contribution in [0.3, 0.4) is 0 Å². The van der Waals surface area contributed by atoms with Crippen LogP contribution in [0.5, 0.6) is 5.75 Å². The number of aryl methyl sites for hydroxylation is 1. The Morgan fingerprint density at radius 3 is 2.09 bits per heavy atom. The Kier molecular flexibility index (Phi) is 5.37. The monoisotopic (exact) mass is 434 g/mol. The second kappa shape index (κ2) is 8.63. The average Bonchev–Trinajstić information content (AvgIpc) is 3.21. The molecule has 162 valence electrons. The molecule has 0 saturated heterocycles. The average molecular weight is 434 g/mol. The Labute approximate surface area is 191 Å². The van der Waals surface area contributed by atoms with Crippen molar-refractivity contribution >= 4 is 22.6 Å². The molecule has 5 nitrogen and oxygen atoms in total. The third-order valence-corrected chi connectivity index (χ3v) is 5.62. The van der Waals surface area contributed by atoms with Crippen LogP contribution in [0, 0.1) is 6.92 Å². The number of carbonyl (C=O) groups is 1. The van der Waals surface area contributed by atoms with Gasteiger partial charge in [0.05, 0.1) is 18.5 Å². The summed E-state index contributed by atoms with van der Waals surface area (Å²) in [4.78, 5) is 17.6. The number of hydrogen-bond donors (Lipinski definition) is 1. The van der Waals surface area contributed by atoms with Gasteiger partial charge in [-0.05, 0) is 61.5 Å². The number of nitrogens with zero attached hydrogens (tertiary/aromatic N) is 1. The number of pyridine rings is 1. The highest BCUT2D eigenvalue weighted by Crippen LogP contribution is 2.27. The molecule has 5 aromatic rings. The van der Waals surface area contributed by atoms with Gasteiger partial charge in [0.25, 0.3) is 5.91 Å². The Bertz CT molecular complexity index is 1430. The molecule has 0 spiro atoms. The smallest absolute Gasteiger partial charge is 0.291 e. The number of ether oxygens (including phenoxy) is 1. The number of furan rings is 1. The molecule has 5 heteroatoms. The summed E-state index contributed by atoms with van der Waals surface area (Å²) >= 11 is 0. The first-order valence-electron chi connectivity index (χ1n) is 10.6. The van der Waals surface area contributed by atoms with Crippen LogP contribution in [-0.2, 0) is 0 Å². The van der Waals surface area contributed by atoms with Gasteiger partial charge in [-0.3, -0.25) is 4.79 Å². The van der Waals surface area contributed by atoms with Gasteiger partial charge in [-0.2, -0.15) is 0 Å². The summed E-state index contributed by atoms with van der Waals surface area (Å²) in [6.45, 7) is 1.89. The zero-order valence-electron chi connectivity index (χ0n) is 18.3. The molecule has 5 rings (SSSR count). The molecule has 0 bridgehead atoms. The maximum atomic E-state index is 12.8. The number of aromatic nitrogens is 1. The van der Waals surface area contributed by atoms with Crippen molar-refractivity contribution in [1.82, 2.24) is 4.98 Å². The SMILES string of the molecule is COc1ccc(-c2cccc(-c3ccc(NC(=O)c4oc5ccccc5c4C)cc3)n2)cc1. The van der Waals surface area contributed by atoms with Gasteiger partial charge >= 0.3 is 0 Å². The van der Waals surface area contributed by atoms with E-state index in [-0.39, 0.29) is 5.91 Å². The number of anilines is 1. The fourth-order valence-electron chi connectivity index (χ4n) is 3.82. The van der Waals surface area contributed by atoms with Crippen molar-refractivity contribution in [3.05, 3.63) is 102 Å². The van der Waals surface area contributed by atoms with Crippen molar-refractivity contribution in [2.75, 3.05) is 12.4 Å². The van der Waals surface area contributed by atoms with Gasteiger partial charge in [0.1, 0.15) is 11.3 Å². The first-order chi connectivity index (χ1) is 16.1. The molecule has 0 aliphatic carbocycles. The zero-order chi connectivity index (χ0) is 22.8. The summed E-state index contributed by atoms with van der Waals surface area (Å²) in [7, 11) is 1.65. The Morgan fingerprint density at radius 2 is 1.45 bits per heavy atom. The van der Waals surface area contributed by atoms with Crippen LogP contribution in [0.1, 0.15) is 16.1 Å². The van der Waals surface area contributed by atoms with Gasteiger partial charge in [0, 0.05) is 27.8 Å². The lowest BCUT2D eigenvalue weighted by atomic mass is 10.1. The molecule has 2 heterocycles. The van der Waals surface area contributed by atoms with E-state index in [1.54, 1.807) is 7.11 Å². The van der Waals surface area contributed by atoms with Gasteiger partial charge in [-0.25, -0.2) is 4.98 Å². The van der Waals surface area contributed by atoms with Gasteiger partial charge in [-0.1, -0.05) is 36.4 Å². The molecule has 1 amide bonds. The molecule has 0 aliphatic rings. The number of amides is 1. The highest BCUT2D eigenvalue weighted by atomic mass is 16.5. The van der Waals surface area contributed by atoms with Crippen LogP contribution >= 0.6 is 0 Å².